The second kappa shape index (κ2) is 4.75. The molecule has 1 aromatic heterocycles. The Morgan fingerprint density at radius 3 is 2.79 bits per heavy atom. The van der Waals surface area contributed by atoms with E-state index in [1.807, 2.05) is 13.8 Å². The molecule has 0 aliphatic rings. The summed E-state index contributed by atoms with van der Waals surface area (Å²) in [5, 5.41) is 0. The molecule has 78 valence electrons. The maximum absolute atomic E-state index is 11.6. The van der Waals surface area contributed by atoms with Gasteiger partial charge >= 0.3 is 0 Å². The fourth-order valence-corrected chi connectivity index (χ4v) is 1.66. The monoisotopic (exact) mass is 259 g/mol. The Hall–Kier alpha value is -0.610. The Balaban J connectivity index is 2.91. The summed E-state index contributed by atoms with van der Waals surface area (Å²) in [6.07, 6.45) is 1.86. The third-order valence-corrected chi connectivity index (χ3v) is 2.21. The van der Waals surface area contributed by atoms with Crippen LogP contribution in [-0.2, 0) is 11.5 Å². The molecule has 0 saturated heterocycles. The molecule has 0 unspecified atom stereocenters. The summed E-state index contributed by atoms with van der Waals surface area (Å²) < 4.78 is 7.81. The fourth-order valence-electron chi connectivity index (χ4n) is 1.07. The van der Waals surface area contributed by atoms with Crippen LogP contribution >= 0.6 is 15.9 Å². The second-order valence-electron chi connectivity index (χ2n) is 3.46. The van der Waals surface area contributed by atoms with Crippen molar-refractivity contribution in [2.24, 2.45) is 0 Å². The molecule has 0 spiro atoms. The Morgan fingerprint density at radius 2 is 2.21 bits per heavy atom. The first-order chi connectivity index (χ1) is 6.50. The number of pyridine rings is 1. The van der Waals surface area contributed by atoms with E-state index >= 15 is 0 Å². The van der Waals surface area contributed by atoms with E-state index in [1.165, 1.54) is 0 Å². The van der Waals surface area contributed by atoms with Gasteiger partial charge in [0, 0.05) is 16.2 Å². The Labute approximate surface area is 91.8 Å². The van der Waals surface area contributed by atoms with Gasteiger partial charge in [0.05, 0.1) is 6.10 Å². The van der Waals surface area contributed by atoms with E-state index in [0.717, 1.165) is 4.47 Å². The van der Waals surface area contributed by atoms with Crippen molar-refractivity contribution < 1.29 is 4.74 Å². The van der Waals surface area contributed by atoms with E-state index in [9.17, 15) is 4.79 Å². The van der Waals surface area contributed by atoms with Crippen molar-refractivity contribution >= 4 is 15.9 Å². The average Bonchev–Trinajstić information content (AvgIpc) is 2.08. The van der Waals surface area contributed by atoms with Crippen molar-refractivity contribution in [1.29, 1.82) is 0 Å². The topological polar surface area (TPSA) is 31.2 Å². The van der Waals surface area contributed by atoms with Crippen LogP contribution in [0.5, 0.6) is 0 Å². The zero-order valence-electron chi connectivity index (χ0n) is 8.58. The van der Waals surface area contributed by atoms with Gasteiger partial charge in [0.2, 0.25) is 0 Å². The standard InChI is InChI=1S/C10H14BrNO2/c1-7(2)14-6-12-5-9(11)4-8(3)10(12)13/h4-5,7H,6H2,1-3H3. The van der Waals surface area contributed by atoms with E-state index in [2.05, 4.69) is 15.9 Å². The molecular weight excluding hydrogens is 246 g/mol. The van der Waals surface area contributed by atoms with Crippen LogP contribution in [0.3, 0.4) is 0 Å². The zero-order chi connectivity index (χ0) is 10.7. The van der Waals surface area contributed by atoms with Crippen molar-refractivity contribution in [3.63, 3.8) is 0 Å². The van der Waals surface area contributed by atoms with Crippen molar-refractivity contribution in [2.75, 3.05) is 0 Å². The minimum absolute atomic E-state index is 0.00569. The summed E-state index contributed by atoms with van der Waals surface area (Å²) >= 11 is 3.34. The summed E-state index contributed by atoms with van der Waals surface area (Å²) in [4.78, 5) is 11.6. The lowest BCUT2D eigenvalue weighted by Crippen LogP contribution is -2.24. The number of nitrogens with zero attached hydrogens (tertiary/aromatic N) is 1. The van der Waals surface area contributed by atoms with Crippen molar-refractivity contribution in [3.05, 3.63) is 32.7 Å². The van der Waals surface area contributed by atoms with E-state index in [1.54, 1.807) is 23.8 Å². The predicted octanol–water partition coefficient (Wildman–Crippen LogP) is 2.30. The number of aromatic nitrogens is 1. The molecule has 0 bridgehead atoms. The maximum atomic E-state index is 11.6. The van der Waals surface area contributed by atoms with Crippen LogP contribution in [0.1, 0.15) is 19.4 Å². The van der Waals surface area contributed by atoms with Crippen LogP contribution in [0.15, 0.2) is 21.5 Å². The molecule has 4 heteroatoms. The first-order valence-corrected chi connectivity index (χ1v) is 5.28. The van der Waals surface area contributed by atoms with Gasteiger partial charge in [0.1, 0.15) is 6.73 Å². The van der Waals surface area contributed by atoms with Crippen molar-refractivity contribution in [1.82, 2.24) is 4.57 Å². The number of rotatable bonds is 3. The molecule has 1 rings (SSSR count). The summed E-state index contributed by atoms with van der Waals surface area (Å²) in [7, 11) is 0. The third kappa shape index (κ3) is 2.96. The van der Waals surface area contributed by atoms with Gasteiger partial charge in [-0.3, -0.25) is 9.36 Å². The molecule has 0 aromatic carbocycles. The van der Waals surface area contributed by atoms with Gasteiger partial charge in [-0.1, -0.05) is 0 Å². The second-order valence-corrected chi connectivity index (χ2v) is 4.38. The van der Waals surface area contributed by atoms with E-state index in [4.69, 9.17) is 4.74 Å². The van der Waals surface area contributed by atoms with Crippen LogP contribution in [0.2, 0.25) is 0 Å². The summed E-state index contributed by atoms with van der Waals surface area (Å²) in [5.74, 6) is 0. The lowest BCUT2D eigenvalue weighted by atomic mass is 10.3. The van der Waals surface area contributed by atoms with E-state index in [0.29, 0.717) is 12.3 Å². The molecule has 0 radical (unpaired) electrons. The molecule has 1 heterocycles. The molecular formula is C10H14BrNO2. The van der Waals surface area contributed by atoms with Gasteiger partial charge in [0.25, 0.3) is 5.56 Å². The highest BCUT2D eigenvalue weighted by Gasteiger charge is 2.02. The summed E-state index contributed by atoms with van der Waals surface area (Å²) in [6.45, 7) is 5.97. The number of hydrogen-bond acceptors (Lipinski definition) is 2. The van der Waals surface area contributed by atoms with Gasteiger partial charge in [0.15, 0.2) is 0 Å². The zero-order valence-corrected chi connectivity index (χ0v) is 10.2. The van der Waals surface area contributed by atoms with E-state index < -0.39 is 0 Å². The third-order valence-electron chi connectivity index (χ3n) is 1.78. The fraction of sp³-hybridized carbons (Fsp3) is 0.500. The minimum atomic E-state index is -0.00569. The van der Waals surface area contributed by atoms with Gasteiger partial charge in [-0.15, -0.1) is 0 Å². The highest BCUT2D eigenvalue weighted by molar-refractivity contribution is 9.10. The SMILES string of the molecule is Cc1cc(Br)cn(COC(C)C)c1=O. The van der Waals surface area contributed by atoms with Crippen LogP contribution in [0.25, 0.3) is 0 Å². The maximum Gasteiger partial charge on any atom is 0.255 e. The largest absolute Gasteiger partial charge is 0.358 e. The Kier molecular flexibility index (Phi) is 3.89. The van der Waals surface area contributed by atoms with Gasteiger partial charge in [-0.05, 0) is 42.8 Å². The number of halogens is 1. The van der Waals surface area contributed by atoms with Gasteiger partial charge in [-0.2, -0.15) is 0 Å². The number of hydrogen-bond donors (Lipinski definition) is 0. The molecule has 0 saturated carbocycles. The van der Waals surface area contributed by atoms with Gasteiger partial charge in [-0.25, -0.2) is 0 Å². The van der Waals surface area contributed by atoms with Crippen LogP contribution in [-0.4, -0.2) is 10.7 Å². The van der Waals surface area contributed by atoms with Crippen LogP contribution in [0.4, 0.5) is 0 Å². The highest BCUT2D eigenvalue weighted by Crippen LogP contribution is 2.08. The summed E-state index contributed by atoms with van der Waals surface area (Å²) in [5.41, 5.74) is 0.709. The first-order valence-electron chi connectivity index (χ1n) is 4.49. The van der Waals surface area contributed by atoms with Gasteiger partial charge < -0.3 is 4.74 Å². The lowest BCUT2D eigenvalue weighted by Gasteiger charge is -2.10. The smallest absolute Gasteiger partial charge is 0.255 e. The van der Waals surface area contributed by atoms with Crippen molar-refractivity contribution in [3.8, 4) is 0 Å². The van der Waals surface area contributed by atoms with Crippen molar-refractivity contribution in [2.45, 2.75) is 33.6 Å². The minimum Gasteiger partial charge on any atom is -0.358 e. The number of ether oxygens (including phenoxy) is 1. The molecule has 0 amide bonds. The molecule has 0 aliphatic heterocycles. The molecule has 0 N–H and O–H groups in total. The quantitative estimate of drug-likeness (QED) is 0.835. The lowest BCUT2D eigenvalue weighted by molar-refractivity contribution is 0.0266. The number of aryl methyl sites for hydroxylation is 1. The van der Waals surface area contributed by atoms with E-state index in [-0.39, 0.29) is 11.7 Å². The Morgan fingerprint density at radius 1 is 1.57 bits per heavy atom. The molecule has 3 nitrogen and oxygen atoms in total. The highest BCUT2D eigenvalue weighted by atomic mass is 79.9. The molecule has 14 heavy (non-hydrogen) atoms. The summed E-state index contributed by atoms with van der Waals surface area (Å²) in [6, 6.07) is 1.80. The molecule has 0 aliphatic carbocycles. The first kappa shape index (κ1) is 11.5. The van der Waals surface area contributed by atoms with Crippen LogP contribution in [0, 0.1) is 6.92 Å². The molecule has 0 fully saturated rings. The predicted molar refractivity (Wildman–Crippen MR) is 59.4 cm³/mol. The Bertz CT molecular complexity index is 371. The average molecular weight is 260 g/mol. The normalized spacial score (nSPS) is 10.9. The van der Waals surface area contributed by atoms with Crippen LogP contribution < -0.4 is 5.56 Å². The molecule has 0 atom stereocenters. The molecule has 1 aromatic rings.